The van der Waals surface area contributed by atoms with Crippen LogP contribution < -0.4 is 16.4 Å². The van der Waals surface area contributed by atoms with Crippen LogP contribution in [0.4, 0.5) is 5.82 Å². The second-order valence-electron chi connectivity index (χ2n) is 14.9. The highest BCUT2D eigenvalue weighted by Crippen LogP contribution is 2.61. The number of phosphoric acid groups is 3. The van der Waals surface area contributed by atoms with Crippen LogP contribution in [0.2, 0.25) is 0 Å². The minimum Gasteiger partial charge on any atom is -0.386 e. The number of rotatable bonds is 29. The summed E-state index contributed by atoms with van der Waals surface area (Å²) in [5, 5.41) is 26.4. The molecule has 0 saturated carbocycles. The number of carbonyl (C=O) groups excluding carboxylic acids is 3. The number of thioether (sulfide) groups is 1. The van der Waals surface area contributed by atoms with Gasteiger partial charge in [-0.2, -0.15) is 4.31 Å². The smallest absolute Gasteiger partial charge is 0.386 e. The first-order valence-corrected chi connectivity index (χ1v) is 25.7. The van der Waals surface area contributed by atoms with Crippen LogP contribution in [-0.2, 0) is 50.7 Å². The second kappa shape index (κ2) is 26.8. The van der Waals surface area contributed by atoms with Gasteiger partial charge in [-0.15, -0.1) is 0 Å². The summed E-state index contributed by atoms with van der Waals surface area (Å²) in [5.74, 6) is -1.14. The lowest BCUT2D eigenvalue weighted by Crippen LogP contribution is -2.46. The van der Waals surface area contributed by atoms with E-state index in [0.717, 1.165) is 67.5 Å². The molecule has 3 heterocycles. The predicted molar refractivity (Wildman–Crippen MR) is 237 cm³/mol. The van der Waals surface area contributed by atoms with Gasteiger partial charge in [-0.3, -0.25) is 32.5 Å². The Hall–Kier alpha value is -3.48. The second-order valence-corrected chi connectivity index (χ2v) is 20.2. The fraction of sp³-hybridized carbons (Fsp3) is 0.568. The van der Waals surface area contributed by atoms with Gasteiger partial charge in [0.05, 0.1) is 19.5 Å². The number of hydrogen-bond donors (Lipinski definition) is 9. The molecule has 0 aromatic carbocycles. The van der Waals surface area contributed by atoms with Crippen molar-refractivity contribution in [3.05, 3.63) is 61.3 Å². The summed E-state index contributed by atoms with van der Waals surface area (Å²) < 4.78 is 62.3. The number of anilines is 1. The molecule has 7 atom stereocenters. The van der Waals surface area contributed by atoms with Crippen LogP contribution in [0.3, 0.4) is 0 Å². The number of fused-ring (bicyclic) bond motifs is 1. The fourth-order valence-corrected chi connectivity index (χ4v) is 9.12. The number of nitrogens with two attached hydrogens (primary N) is 1. The highest BCUT2D eigenvalue weighted by Gasteiger charge is 2.50. The van der Waals surface area contributed by atoms with Crippen molar-refractivity contribution in [2.45, 2.75) is 96.4 Å². The first-order valence-electron chi connectivity index (χ1n) is 20.2. The molecule has 65 heavy (non-hydrogen) atoms. The van der Waals surface area contributed by atoms with Gasteiger partial charge in [0.15, 0.2) is 17.7 Å². The summed E-state index contributed by atoms with van der Waals surface area (Å²) in [6, 6.07) is 0. The quantitative estimate of drug-likeness (QED) is 0.0244. The molecule has 0 spiro atoms. The number of aliphatic hydroxyl groups is 2. The molecule has 1 saturated heterocycles. The van der Waals surface area contributed by atoms with Gasteiger partial charge in [0, 0.05) is 30.7 Å². The summed E-state index contributed by atoms with van der Waals surface area (Å²) in [4.78, 5) is 88.1. The van der Waals surface area contributed by atoms with Gasteiger partial charge in [-0.1, -0.05) is 75.1 Å². The number of unbranched alkanes of at least 4 members (excludes halogenated alkanes) is 2. The van der Waals surface area contributed by atoms with Crippen molar-refractivity contribution in [1.82, 2.24) is 30.2 Å². The number of aliphatic hydroxyl groups excluding tert-OH is 2. The predicted octanol–water partition coefficient (Wildman–Crippen LogP) is 3.25. The summed E-state index contributed by atoms with van der Waals surface area (Å²) in [5.41, 5.74) is 4.26. The number of aromatic nitrogens is 4. The zero-order chi connectivity index (χ0) is 48.3. The van der Waals surface area contributed by atoms with Crippen molar-refractivity contribution in [1.29, 1.82) is 0 Å². The SMILES string of the molecule is CC/C=C\C/C=C\C/C=C\CCC/C=C/C(=O)SCCNC(=O)CCNC(=O)[C@H](O)C(C)(C)COP(=O)(O)OP(=O)(O)OC[C@H]1O[C@@H](n2cnc3c(N)ncnc32)[C@H](O)[C@@H]1OP(=O)(O)O. The summed E-state index contributed by atoms with van der Waals surface area (Å²) >= 11 is 1.04. The number of carbonyl (C=O) groups is 3. The number of nitrogens with zero attached hydrogens (tertiary/aromatic N) is 4. The van der Waals surface area contributed by atoms with Crippen LogP contribution in [0.5, 0.6) is 0 Å². The van der Waals surface area contributed by atoms with Crippen LogP contribution >= 0.6 is 35.2 Å². The van der Waals surface area contributed by atoms with Crippen LogP contribution in [0.15, 0.2) is 61.3 Å². The van der Waals surface area contributed by atoms with Crippen molar-refractivity contribution in [2.75, 3.05) is 37.8 Å². The maximum absolute atomic E-state index is 12.7. The average Bonchev–Trinajstić information content (AvgIpc) is 3.79. The topological polar surface area (TPSA) is 364 Å². The average molecular weight is 998 g/mol. The van der Waals surface area contributed by atoms with E-state index in [1.165, 1.54) is 19.9 Å². The highest BCUT2D eigenvalue weighted by atomic mass is 32.2. The van der Waals surface area contributed by atoms with E-state index in [-0.39, 0.29) is 41.6 Å². The summed E-state index contributed by atoms with van der Waals surface area (Å²) in [6.45, 7) is 2.57. The fourth-order valence-electron chi connectivity index (χ4n) is 5.69. The van der Waals surface area contributed by atoms with Crippen molar-refractivity contribution in [3.63, 3.8) is 0 Å². The van der Waals surface area contributed by atoms with Gasteiger partial charge in [-0.25, -0.2) is 28.6 Å². The molecule has 1 fully saturated rings. The number of imidazole rings is 1. The van der Waals surface area contributed by atoms with Gasteiger partial charge >= 0.3 is 23.5 Å². The van der Waals surface area contributed by atoms with E-state index < -0.39 is 84.6 Å². The highest BCUT2D eigenvalue weighted by molar-refractivity contribution is 8.14. The normalized spacial score (nSPS) is 20.8. The Morgan fingerprint density at radius 3 is 2.31 bits per heavy atom. The lowest BCUT2D eigenvalue weighted by Gasteiger charge is -2.30. The molecule has 2 aromatic heterocycles. The number of amides is 2. The van der Waals surface area contributed by atoms with Gasteiger partial charge in [0.2, 0.25) is 16.9 Å². The molecule has 1 aliphatic heterocycles. The lowest BCUT2D eigenvalue weighted by molar-refractivity contribution is -0.137. The molecule has 0 aliphatic carbocycles. The molecule has 2 aromatic rings. The zero-order valence-corrected chi connectivity index (χ0v) is 39.4. The summed E-state index contributed by atoms with van der Waals surface area (Å²) in [6.07, 6.45) is 14.6. The first kappa shape index (κ1) is 55.8. The van der Waals surface area contributed by atoms with E-state index in [4.69, 9.17) is 19.5 Å². The first-order chi connectivity index (χ1) is 30.6. The monoisotopic (exact) mass is 997 g/mol. The Balaban J connectivity index is 1.36. The molecule has 3 rings (SSSR count). The zero-order valence-electron chi connectivity index (χ0n) is 35.9. The Morgan fingerprint density at radius 1 is 0.954 bits per heavy atom. The molecule has 0 radical (unpaired) electrons. The minimum absolute atomic E-state index is 0.0295. The van der Waals surface area contributed by atoms with Gasteiger partial charge in [0.1, 0.15) is 36.3 Å². The molecule has 364 valence electrons. The molecule has 2 unspecified atom stereocenters. The Morgan fingerprint density at radius 2 is 1.62 bits per heavy atom. The Labute approximate surface area is 379 Å². The summed E-state index contributed by atoms with van der Waals surface area (Å²) in [7, 11) is -16.4. The van der Waals surface area contributed by atoms with E-state index in [1.807, 2.05) is 6.08 Å². The van der Waals surface area contributed by atoms with E-state index >= 15 is 0 Å². The standard InChI is InChI=1S/C37H58N7O17P3S/c1-4-5-6-7-8-9-10-11-12-13-14-15-16-17-28(46)65-21-20-39-27(45)18-19-40-35(49)32(48)37(2,3)23-58-64(55,56)61-63(53,54)57-22-26-31(60-62(50,51)52)30(47)36(59-26)44-25-43-29-33(38)41-24-42-34(29)44/h5-6,8-9,11-12,16-17,24-26,30-32,36,47-48H,4,7,10,13-15,18-23H2,1-3H3,(H,39,45)(H,40,49)(H,53,54)(H,55,56)(H2,38,41,42)(H2,50,51,52)/b6-5-,9-8-,12-11-,17-16+/t26-,30-,31-,32+,36-/m1/s1. The molecule has 1 aliphatic rings. The van der Waals surface area contributed by atoms with Crippen molar-refractivity contribution < 1.29 is 80.5 Å². The molecular formula is C37H58N7O17P3S. The van der Waals surface area contributed by atoms with E-state index in [9.17, 15) is 57.9 Å². The molecular weight excluding hydrogens is 939 g/mol. The number of phosphoric ester groups is 3. The van der Waals surface area contributed by atoms with E-state index in [2.05, 4.69) is 77.8 Å². The maximum atomic E-state index is 12.7. The molecule has 10 N–H and O–H groups in total. The minimum atomic E-state index is -5.58. The Bertz CT molecular complexity index is 2150. The molecule has 28 heteroatoms. The van der Waals surface area contributed by atoms with Crippen LogP contribution in [-0.4, -0.2) is 123 Å². The molecule has 24 nitrogen and oxygen atoms in total. The van der Waals surface area contributed by atoms with Crippen LogP contribution in [0.25, 0.3) is 11.2 Å². The van der Waals surface area contributed by atoms with Crippen LogP contribution in [0, 0.1) is 5.41 Å². The van der Waals surface area contributed by atoms with Crippen LogP contribution in [0.1, 0.15) is 71.9 Å². The van der Waals surface area contributed by atoms with Crippen molar-refractivity contribution in [2.24, 2.45) is 5.41 Å². The van der Waals surface area contributed by atoms with E-state index in [0.29, 0.717) is 5.75 Å². The third kappa shape index (κ3) is 20.1. The van der Waals surface area contributed by atoms with Crippen molar-refractivity contribution >= 4 is 69.1 Å². The maximum Gasteiger partial charge on any atom is 0.481 e. The number of nitrogens with one attached hydrogen (secondary N) is 2. The number of allylic oxidation sites excluding steroid dienone is 7. The number of ether oxygens (including phenoxy) is 1. The third-order valence-corrected chi connectivity index (χ3v) is 13.0. The molecule has 0 bridgehead atoms. The lowest BCUT2D eigenvalue weighted by atomic mass is 9.87. The third-order valence-electron chi connectivity index (χ3n) is 9.02. The largest absolute Gasteiger partial charge is 0.481 e. The van der Waals surface area contributed by atoms with Gasteiger partial charge < -0.3 is 50.9 Å². The van der Waals surface area contributed by atoms with Crippen molar-refractivity contribution in [3.8, 4) is 0 Å². The van der Waals surface area contributed by atoms with E-state index in [1.54, 1.807) is 0 Å². The Kier molecular flexibility index (Phi) is 23.0. The van der Waals surface area contributed by atoms with Gasteiger partial charge in [-0.05, 0) is 44.6 Å². The number of nitrogen functional groups attached to an aromatic ring is 1. The number of hydrogen-bond acceptors (Lipinski definition) is 18. The molecule has 2 amide bonds. The van der Waals surface area contributed by atoms with Gasteiger partial charge in [0.25, 0.3) is 0 Å².